The SMILES string of the molecule is O=C1N=C(c2ccnc(N3CCOCC3)c2)c2c(O)[nH]c(-c3ccnc(N4CCOCC4)c3)c21. The molecule has 0 spiro atoms. The van der Waals surface area contributed by atoms with E-state index in [9.17, 15) is 9.90 Å². The highest BCUT2D eigenvalue weighted by atomic mass is 16.5. The summed E-state index contributed by atoms with van der Waals surface area (Å²) in [5.74, 6) is 1.14. The lowest BCUT2D eigenvalue weighted by Crippen LogP contribution is -2.36. The number of nitrogens with one attached hydrogen (secondary N) is 1. The Morgan fingerprint density at radius 1 is 0.824 bits per heavy atom. The van der Waals surface area contributed by atoms with Crippen molar-refractivity contribution in [1.82, 2.24) is 15.0 Å². The van der Waals surface area contributed by atoms with Crippen LogP contribution in [0.2, 0.25) is 0 Å². The van der Waals surface area contributed by atoms with E-state index >= 15 is 0 Å². The van der Waals surface area contributed by atoms with Gasteiger partial charge in [-0.15, -0.1) is 0 Å². The topological polar surface area (TPSA) is 116 Å². The number of H-pyrrole nitrogens is 1. The largest absolute Gasteiger partial charge is 0.494 e. The van der Waals surface area contributed by atoms with Crippen LogP contribution in [0.4, 0.5) is 11.6 Å². The highest BCUT2D eigenvalue weighted by molar-refractivity contribution is 6.30. The molecule has 10 heteroatoms. The summed E-state index contributed by atoms with van der Waals surface area (Å²) < 4.78 is 10.9. The molecule has 0 unspecified atom stereocenters. The number of fused-ring (bicyclic) bond motifs is 1. The standard InChI is InChI=1S/C24H24N6O4/c31-23-19-20(22(28-23)16-2-4-26-18(14-16)30-7-11-34-12-8-30)24(32)27-21(19)15-1-3-25-17(13-15)29-5-9-33-10-6-29/h1-4,13-14,27,32H,5-12H2. The van der Waals surface area contributed by atoms with E-state index < -0.39 is 0 Å². The zero-order valence-electron chi connectivity index (χ0n) is 18.5. The number of aromatic hydroxyl groups is 1. The second-order valence-electron chi connectivity index (χ2n) is 8.37. The van der Waals surface area contributed by atoms with Crippen LogP contribution in [0.15, 0.2) is 41.7 Å². The Hall–Kier alpha value is -3.76. The van der Waals surface area contributed by atoms with Gasteiger partial charge in [-0.25, -0.2) is 15.0 Å². The molecule has 2 saturated heterocycles. The van der Waals surface area contributed by atoms with Gasteiger partial charge in [-0.2, -0.15) is 0 Å². The van der Waals surface area contributed by atoms with E-state index in [1.807, 2.05) is 18.2 Å². The first-order chi connectivity index (χ1) is 16.7. The van der Waals surface area contributed by atoms with Crippen LogP contribution in [0.1, 0.15) is 21.5 Å². The summed E-state index contributed by atoms with van der Waals surface area (Å²) in [5, 5.41) is 10.8. The summed E-state index contributed by atoms with van der Waals surface area (Å²) in [6.07, 6.45) is 3.41. The molecule has 3 aromatic heterocycles. The van der Waals surface area contributed by atoms with Gasteiger partial charge in [-0.1, -0.05) is 0 Å². The molecule has 6 rings (SSSR count). The quantitative estimate of drug-likeness (QED) is 0.606. The fourth-order valence-electron chi connectivity index (χ4n) is 4.64. The minimum absolute atomic E-state index is 0.0796. The molecule has 3 aromatic rings. The molecule has 2 fully saturated rings. The zero-order valence-corrected chi connectivity index (χ0v) is 18.5. The second kappa shape index (κ2) is 8.54. The van der Waals surface area contributed by atoms with E-state index in [2.05, 4.69) is 29.7 Å². The minimum atomic E-state index is -0.383. The number of pyridine rings is 2. The van der Waals surface area contributed by atoms with Crippen LogP contribution < -0.4 is 9.80 Å². The van der Waals surface area contributed by atoms with E-state index in [0.717, 1.165) is 48.9 Å². The fourth-order valence-corrected chi connectivity index (χ4v) is 4.64. The Balaban J connectivity index is 1.36. The van der Waals surface area contributed by atoms with Crippen LogP contribution in [-0.4, -0.2) is 84.3 Å². The van der Waals surface area contributed by atoms with Crippen molar-refractivity contribution in [3.63, 3.8) is 0 Å². The van der Waals surface area contributed by atoms with E-state index in [1.54, 1.807) is 18.5 Å². The van der Waals surface area contributed by atoms with Gasteiger partial charge >= 0.3 is 0 Å². The fraction of sp³-hybridized carbons (Fsp3) is 0.333. The molecule has 0 atom stereocenters. The van der Waals surface area contributed by atoms with E-state index in [0.29, 0.717) is 49.0 Å². The van der Waals surface area contributed by atoms with E-state index in [4.69, 9.17) is 9.47 Å². The van der Waals surface area contributed by atoms with Crippen LogP contribution in [0, 0.1) is 0 Å². The number of hydrogen-bond donors (Lipinski definition) is 2. The van der Waals surface area contributed by atoms with Crippen LogP contribution >= 0.6 is 0 Å². The van der Waals surface area contributed by atoms with E-state index in [1.165, 1.54) is 0 Å². The van der Waals surface area contributed by atoms with Gasteiger partial charge in [0.2, 0.25) is 0 Å². The molecule has 3 aliphatic heterocycles. The molecule has 0 aromatic carbocycles. The van der Waals surface area contributed by atoms with Crippen LogP contribution in [-0.2, 0) is 9.47 Å². The van der Waals surface area contributed by atoms with Gasteiger partial charge in [-0.3, -0.25) is 4.79 Å². The molecule has 0 aliphatic carbocycles. The molecule has 3 aliphatic rings. The van der Waals surface area contributed by atoms with Crippen molar-refractivity contribution in [2.75, 3.05) is 62.4 Å². The van der Waals surface area contributed by atoms with Gasteiger partial charge in [0.05, 0.1) is 49.0 Å². The molecule has 10 nitrogen and oxygen atoms in total. The lowest BCUT2D eigenvalue weighted by Gasteiger charge is -2.28. The first kappa shape index (κ1) is 20.8. The maximum absolute atomic E-state index is 13.0. The van der Waals surface area contributed by atoms with Crippen molar-refractivity contribution in [3.8, 4) is 17.1 Å². The van der Waals surface area contributed by atoms with Gasteiger partial charge in [0, 0.05) is 49.7 Å². The van der Waals surface area contributed by atoms with Gasteiger partial charge in [0.15, 0.2) is 5.88 Å². The van der Waals surface area contributed by atoms with Crippen molar-refractivity contribution in [3.05, 3.63) is 53.3 Å². The van der Waals surface area contributed by atoms with Gasteiger partial charge in [0.25, 0.3) is 5.91 Å². The number of ether oxygens (including phenoxy) is 2. The number of amides is 1. The van der Waals surface area contributed by atoms with Crippen molar-refractivity contribution in [2.24, 2.45) is 4.99 Å². The van der Waals surface area contributed by atoms with Crippen LogP contribution in [0.25, 0.3) is 11.3 Å². The third kappa shape index (κ3) is 3.61. The average molecular weight is 460 g/mol. The lowest BCUT2D eigenvalue weighted by molar-refractivity contribution is 0.101. The lowest BCUT2D eigenvalue weighted by atomic mass is 10.0. The molecule has 1 amide bonds. The Morgan fingerprint density at radius 2 is 1.38 bits per heavy atom. The maximum atomic E-state index is 13.0. The number of aromatic nitrogens is 3. The molecule has 0 bridgehead atoms. The normalized spacial score (nSPS) is 18.2. The number of aromatic amines is 1. The van der Waals surface area contributed by atoms with Crippen molar-refractivity contribution < 1.29 is 19.4 Å². The summed E-state index contributed by atoms with van der Waals surface area (Å²) in [4.78, 5) is 33.6. The highest BCUT2D eigenvalue weighted by Gasteiger charge is 2.34. The second-order valence-corrected chi connectivity index (χ2v) is 8.37. The third-order valence-corrected chi connectivity index (χ3v) is 6.37. The molecule has 0 radical (unpaired) electrons. The van der Waals surface area contributed by atoms with E-state index in [-0.39, 0.29) is 11.8 Å². The Kier molecular flexibility index (Phi) is 5.23. The first-order valence-corrected chi connectivity index (χ1v) is 11.4. The smallest absolute Gasteiger partial charge is 0.280 e. The van der Waals surface area contributed by atoms with Gasteiger partial charge in [0.1, 0.15) is 11.6 Å². The molecular weight excluding hydrogens is 436 g/mol. The third-order valence-electron chi connectivity index (χ3n) is 6.37. The molecule has 2 N–H and O–H groups in total. The highest BCUT2D eigenvalue weighted by Crippen LogP contribution is 2.38. The summed E-state index contributed by atoms with van der Waals surface area (Å²) >= 11 is 0. The molecule has 6 heterocycles. The number of nitrogens with zero attached hydrogens (tertiary/aromatic N) is 5. The molecule has 34 heavy (non-hydrogen) atoms. The van der Waals surface area contributed by atoms with Crippen LogP contribution in [0.5, 0.6) is 5.88 Å². The number of anilines is 2. The number of carbonyl (C=O) groups is 1. The molecule has 174 valence electrons. The van der Waals surface area contributed by atoms with Gasteiger partial charge < -0.3 is 29.4 Å². The monoisotopic (exact) mass is 460 g/mol. The van der Waals surface area contributed by atoms with Crippen LogP contribution in [0.3, 0.4) is 0 Å². The molecule has 0 saturated carbocycles. The number of carbonyl (C=O) groups excluding carboxylic acids is 1. The zero-order chi connectivity index (χ0) is 23.1. The average Bonchev–Trinajstić information content (AvgIpc) is 3.43. The van der Waals surface area contributed by atoms with Gasteiger partial charge in [-0.05, 0) is 24.3 Å². The minimum Gasteiger partial charge on any atom is -0.494 e. The van der Waals surface area contributed by atoms with Crippen molar-refractivity contribution in [1.29, 1.82) is 0 Å². The molecular formula is C24H24N6O4. The predicted molar refractivity (Wildman–Crippen MR) is 126 cm³/mol. The number of hydrogen-bond acceptors (Lipinski definition) is 8. The maximum Gasteiger partial charge on any atom is 0.280 e. The predicted octanol–water partition coefficient (Wildman–Crippen LogP) is 1.84. The summed E-state index contributed by atoms with van der Waals surface area (Å²) in [6, 6.07) is 7.46. The van der Waals surface area contributed by atoms with Crippen molar-refractivity contribution in [2.45, 2.75) is 0 Å². The number of aliphatic imine (C=N–C) groups is 1. The van der Waals surface area contributed by atoms with Crippen molar-refractivity contribution >= 4 is 23.3 Å². The Bertz CT molecular complexity index is 1270. The summed E-state index contributed by atoms with van der Waals surface area (Å²) in [7, 11) is 0. The summed E-state index contributed by atoms with van der Waals surface area (Å²) in [6.45, 7) is 5.61. The first-order valence-electron chi connectivity index (χ1n) is 11.4. The Morgan fingerprint density at radius 3 is 2.00 bits per heavy atom. The summed E-state index contributed by atoms with van der Waals surface area (Å²) in [5.41, 5.74) is 3.27. The number of rotatable bonds is 4. The number of morpholine rings is 2. The Labute approximate surface area is 195 Å².